The standard InChI is InChI=1S/C21H35N6O6P/c1-5-7-15(8-6-2)18-24-19(33-25-18)14(4)26-34(29,30)31-12-16-11-13(3)20(32-16)27-10-9-17(22)23-21(27)28/h9-10,13-16,20H,5-8,11-12H2,1-4H3,(H2,22,23,28)(H2,26,29,30)/t13-,14-,16-,20+/m0/s1. The largest absolute Gasteiger partial charge is 0.403 e. The van der Waals surface area contributed by atoms with Crippen molar-refractivity contribution in [3.05, 3.63) is 34.5 Å². The van der Waals surface area contributed by atoms with Crippen molar-refractivity contribution in [2.75, 3.05) is 12.3 Å². The first-order chi connectivity index (χ1) is 16.1. The van der Waals surface area contributed by atoms with E-state index in [9.17, 15) is 14.3 Å². The van der Waals surface area contributed by atoms with Crippen LogP contribution in [-0.4, -0.2) is 37.3 Å². The molecule has 0 aromatic carbocycles. The Morgan fingerprint density at radius 1 is 1.35 bits per heavy atom. The molecule has 4 N–H and O–H groups in total. The zero-order valence-corrected chi connectivity index (χ0v) is 21.0. The first kappa shape index (κ1) is 26.5. The minimum atomic E-state index is -4.19. The fourth-order valence-electron chi connectivity index (χ4n) is 4.19. The van der Waals surface area contributed by atoms with E-state index in [1.807, 2.05) is 6.92 Å². The second kappa shape index (κ2) is 11.5. The number of ether oxygens (including phenoxy) is 1. The predicted octanol–water partition coefficient (Wildman–Crippen LogP) is 3.28. The fourth-order valence-corrected chi connectivity index (χ4v) is 5.24. The molecular weight excluding hydrogens is 463 g/mol. The van der Waals surface area contributed by atoms with Gasteiger partial charge in [-0.05, 0) is 32.3 Å². The van der Waals surface area contributed by atoms with Gasteiger partial charge >= 0.3 is 13.4 Å². The lowest BCUT2D eigenvalue weighted by molar-refractivity contribution is -0.0312. The fraction of sp³-hybridized carbons (Fsp3) is 0.714. The van der Waals surface area contributed by atoms with Crippen molar-refractivity contribution in [1.29, 1.82) is 0 Å². The third kappa shape index (κ3) is 6.73. The van der Waals surface area contributed by atoms with Gasteiger partial charge in [-0.25, -0.2) is 14.4 Å². The van der Waals surface area contributed by atoms with Gasteiger partial charge in [0.1, 0.15) is 12.0 Å². The van der Waals surface area contributed by atoms with Gasteiger partial charge < -0.3 is 19.9 Å². The summed E-state index contributed by atoms with van der Waals surface area (Å²) in [4.78, 5) is 30.6. The number of rotatable bonds is 12. The molecule has 3 rings (SSSR count). The summed E-state index contributed by atoms with van der Waals surface area (Å²) >= 11 is 0. The Kier molecular flexibility index (Phi) is 9.00. The van der Waals surface area contributed by atoms with E-state index in [1.54, 1.807) is 6.92 Å². The SMILES string of the molecule is CCCC(CCC)c1noc([C@H](C)NP(=O)(O)OC[C@@H]2C[C@H](C)[C@H](n3ccc(N)nc3=O)O2)n1. The summed E-state index contributed by atoms with van der Waals surface area (Å²) in [7, 11) is -4.19. The van der Waals surface area contributed by atoms with Gasteiger partial charge in [0, 0.05) is 18.0 Å². The number of nitrogens with two attached hydrogens (primary N) is 1. The summed E-state index contributed by atoms with van der Waals surface area (Å²) < 4.78 is 30.5. The van der Waals surface area contributed by atoms with Gasteiger partial charge in [0.05, 0.1) is 18.8 Å². The van der Waals surface area contributed by atoms with Crippen molar-refractivity contribution in [3.8, 4) is 0 Å². The van der Waals surface area contributed by atoms with Crippen LogP contribution in [0.25, 0.3) is 0 Å². The van der Waals surface area contributed by atoms with Crippen LogP contribution in [0.2, 0.25) is 0 Å². The summed E-state index contributed by atoms with van der Waals surface area (Å²) in [5.74, 6) is 1.15. The summed E-state index contributed by atoms with van der Waals surface area (Å²) in [6, 6.07) is 0.834. The van der Waals surface area contributed by atoms with Gasteiger partial charge in [0.2, 0.25) is 5.89 Å². The minimum Gasteiger partial charge on any atom is -0.383 e. The Hall–Kier alpha value is -2.11. The normalized spacial score (nSPS) is 23.3. The summed E-state index contributed by atoms with van der Waals surface area (Å²) in [6.07, 6.45) is 4.96. The molecule has 1 aliphatic rings. The highest BCUT2D eigenvalue weighted by Gasteiger charge is 2.36. The molecule has 13 heteroatoms. The lowest BCUT2D eigenvalue weighted by Gasteiger charge is -2.20. The molecule has 0 bridgehead atoms. The monoisotopic (exact) mass is 498 g/mol. The number of hydrogen-bond acceptors (Lipinski definition) is 9. The molecule has 1 aliphatic heterocycles. The van der Waals surface area contributed by atoms with Crippen LogP contribution in [0.5, 0.6) is 0 Å². The van der Waals surface area contributed by atoms with Crippen LogP contribution in [0.1, 0.15) is 89.7 Å². The quantitative estimate of drug-likeness (QED) is 0.367. The van der Waals surface area contributed by atoms with Crippen molar-refractivity contribution in [1.82, 2.24) is 24.8 Å². The molecule has 2 aromatic rings. The molecule has 0 amide bonds. The molecule has 1 saturated heterocycles. The third-order valence-electron chi connectivity index (χ3n) is 5.84. The van der Waals surface area contributed by atoms with Gasteiger partial charge in [-0.3, -0.25) is 9.09 Å². The number of hydrogen-bond donors (Lipinski definition) is 3. The summed E-state index contributed by atoms with van der Waals surface area (Å²) in [5, 5.41) is 6.61. The Labute approximate surface area is 198 Å². The van der Waals surface area contributed by atoms with E-state index in [0.717, 1.165) is 25.7 Å². The third-order valence-corrected chi connectivity index (χ3v) is 7.05. The maximum atomic E-state index is 12.6. The van der Waals surface area contributed by atoms with E-state index in [1.165, 1.54) is 16.8 Å². The topological polar surface area (TPSA) is 168 Å². The van der Waals surface area contributed by atoms with Crippen LogP contribution in [0.15, 0.2) is 21.6 Å². The molecule has 5 atom stereocenters. The highest BCUT2D eigenvalue weighted by atomic mass is 31.2. The van der Waals surface area contributed by atoms with E-state index in [4.69, 9.17) is 19.5 Å². The number of nitrogens with zero attached hydrogens (tertiary/aromatic N) is 4. The van der Waals surface area contributed by atoms with Gasteiger partial charge in [-0.1, -0.05) is 38.8 Å². The van der Waals surface area contributed by atoms with E-state index in [2.05, 4.69) is 34.1 Å². The number of anilines is 1. The molecule has 34 heavy (non-hydrogen) atoms. The number of aromatic nitrogens is 4. The predicted molar refractivity (Wildman–Crippen MR) is 125 cm³/mol. The average Bonchev–Trinajstić information content (AvgIpc) is 3.39. The average molecular weight is 499 g/mol. The van der Waals surface area contributed by atoms with Gasteiger partial charge in [-0.2, -0.15) is 9.97 Å². The Bertz CT molecular complexity index is 1040. The molecule has 0 aliphatic carbocycles. The minimum absolute atomic E-state index is 0.0299. The molecule has 1 unspecified atom stereocenters. The molecular formula is C21H35N6O6P. The molecule has 1 fully saturated rings. The van der Waals surface area contributed by atoms with Gasteiger partial charge in [-0.15, -0.1) is 0 Å². The molecule has 190 valence electrons. The van der Waals surface area contributed by atoms with Crippen molar-refractivity contribution in [2.45, 2.75) is 84.1 Å². The summed E-state index contributed by atoms with van der Waals surface area (Å²) in [6.45, 7) is 7.66. The number of nitrogen functional groups attached to an aromatic ring is 1. The first-order valence-corrected chi connectivity index (χ1v) is 13.3. The van der Waals surface area contributed by atoms with Crippen LogP contribution in [0, 0.1) is 5.92 Å². The molecule has 0 spiro atoms. The van der Waals surface area contributed by atoms with Crippen LogP contribution >= 0.6 is 7.75 Å². The highest BCUT2D eigenvalue weighted by molar-refractivity contribution is 7.50. The lowest BCUT2D eigenvalue weighted by Crippen LogP contribution is -2.29. The van der Waals surface area contributed by atoms with Crippen molar-refractivity contribution >= 4 is 13.6 Å². The van der Waals surface area contributed by atoms with Crippen LogP contribution in [-0.2, 0) is 13.8 Å². The van der Waals surface area contributed by atoms with Crippen LogP contribution < -0.4 is 16.5 Å². The highest BCUT2D eigenvalue weighted by Crippen LogP contribution is 2.42. The van der Waals surface area contributed by atoms with Crippen molar-refractivity contribution < 1.29 is 23.2 Å². The Balaban J connectivity index is 1.55. The van der Waals surface area contributed by atoms with E-state index < -0.39 is 31.8 Å². The number of nitrogens with one attached hydrogen (secondary N) is 1. The Morgan fingerprint density at radius 3 is 2.71 bits per heavy atom. The van der Waals surface area contributed by atoms with Crippen molar-refractivity contribution in [2.24, 2.45) is 5.92 Å². The zero-order valence-electron chi connectivity index (χ0n) is 20.1. The van der Waals surface area contributed by atoms with Crippen LogP contribution in [0.3, 0.4) is 0 Å². The molecule has 0 radical (unpaired) electrons. The maximum Gasteiger partial charge on any atom is 0.403 e. The lowest BCUT2D eigenvalue weighted by atomic mass is 9.98. The molecule has 3 heterocycles. The smallest absolute Gasteiger partial charge is 0.383 e. The molecule has 0 saturated carbocycles. The van der Waals surface area contributed by atoms with E-state index in [-0.39, 0.29) is 30.2 Å². The van der Waals surface area contributed by atoms with Crippen LogP contribution in [0.4, 0.5) is 5.82 Å². The zero-order chi connectivity index (χ0) is 24.9. The maximum absolute atomic E-state index is 12.6. The van der Waals surface area contributed by atoms with Gasteiger partial charge in [0.15, 0.2) is 5.82 Å². The van der Waals surface area contributed by atoms with Crippen molar-refractivity contribution in [3.63, 3.8) is 0 Å². The van der Waals surface area contributed by atoms with Gasteiger partial charge in [0.25, 0.3) is 0 Å². The van der Waals surface area contributed by atoms with E-state index >= 15 is 0 Å². The molecule has 2 aromatic heterocycles. The molecule has 12 nitrogen and oxygen atoms in total. The van der Waals surface area contributed by atoms with E-state index in [0.29, 0.717) is 12.2 Å². The first-order valence-electron chi connectivity index (χ1n) is 11.7. The second-order valence-corrected chi connectivity index (χ2v) is 10.4. The second-order valence-electron chi connectivity index (χ2n) is 8.84. The Morgan fingerprint density at radius 2 is 2.06 bits per heavy atom. The summed E-state index contributed by atoms with van der Waals surface area (Å²) in [5.41, 5.74) is 5.03.